The van der Waals surface area contributed by atoms with Gasteiger partial charge in [0.15, 0.2) is 0 Å². The molecule has 0 bridgehead atoms. The molecule has 4 N–H and O–H groups in total. The molecule has 0 saturated carbocycles. The number of hydrogen-bond acceptors (Lipinski definition) is 2. The van der Waals surface area contributed by atoms with Gasteiger partial charge in [0.1, 0.15) is 0 Å². The number of fused-ring (bicyclic) bond motifs is 1. The highest BCUT2D eigenvalue weighted by Gasteiger charge is 2.23. The predicted octanol–water partition coefficient (Wildman–Crippen LogP) is 4.35. The van der Waals surface area contributed by atoms with Crippen molar-refractivity contribution in [3.8, 4) is 0 Å². The lowest BCUT2D eigenvalue weighted by Gasteiger charge is -2.24. The second-order valence-electron chi connectivity index (χ2n) is 7.36. The minimum Gasteiger partial charge on any atom is -0.366 e. The van der Waals surface area contributed by atoms with Crippen LogP contribution in [0.4, 0.5) is 0 Å². The van der Waals surface area contributed by atoms with Gasteiger partial charge in [-0.2, -0.15) is 0 Å². The van der Waals surface area contributed by atoms with Crippen LogP contribution in [-0.4, -0.2) is 11.8 Å². The number of nitrogens with two attached hydrogens (primary N) is 2. The van der Waals surface area contributed by atoms with Crippen LogP contribution in [0.3, 0.4) is 0 Å². The fraction of sp³-hybridized carbons (Fsp3) is 0.0400. The highest BCUT2D eigenvalue weighted by molar-refractivity contribution is 6.03. The van der Waals surface area contributed by atoms with Gasteiger partial charge in [-0.1, -0.05) is 54.6 Å². The molecule has 0 aromatic heterocycles. The van der Waals surface area contributed by atoms with E-state index in [1.807, 2.05) is 18.2 Å². The van der Waals surface area contributed by atoms with Gasteiger partial charge in [-0.05, 0) is 62.5 Å². The van der Waals surface area contributed by atoms with Gasteiger partial charge in [0, 0.05) is 17.0 Å². The van der Waals surface area contributed by atoms with Crippen molar-refractivity contribution in [2.45, 2.75) is 5.92 Å². The molecule has 29 heavy (non-hydrogen) atoms. The Bertz CT molecular complexity index is 1360. The Balaban J connectivity index is 1.79. The highest BCUT2D eigenvalue weighted by Crippen LogP contribution is 2.40. The number of benzene rings is 4. The van der Waals surface area contributed by atoms with Gasteiger partial charge >= 0.3 is 0 Å². The molecule has 5 rings (SSSR count). The van der Waals surface area contributed by atoms with Gasteiger partial charge in [-0.25, -0.2) is 0 Å². The van der Waals surface area contributed by atoms with E-state index in [0.717, 1.165) is 32.8 Å². The second kappa shape index (κ2) is 6.31. The molecule has 0 saturated heterocycles. The molecule has 4 heteroatoms. The van der Waals surface area contributed by atoms with E-state index in [1.165, 1.54) is 5.39 Å². The molecule has 2 amide bonds. The Kier molecular flexibility index (Phi) is 3.74. The smallest absolute Gasteiger partial charge is 0.249 e. The van der Waals surface area contributed by atoms with Crippen molar-refractivity contribution >= 4 is 39.4 Å². The molecular formula is C25H18N2O2. The van der Waals surface area contributed by atoms with Crippen molar-refractivity contribution in [3.63, 3.8) is 0 Å². The van der Waals surface area contributed by atoms with Crippen LogP contribution >= 0.6 is 0 Å². The lowest BCUT2D eigenvalue weighted by Crippen LogP contribution is -2.16. The average molecular weight is 378 g/mol. The number of carbonyl (C=O) groups excluding carboxylic acids is 2. The number of amides is 2. The molecule has 0 heterocycles. The summed E-state index contributed by atoms with van der Waals surface area (Å²) in [5.74, 6) is -1.07. The summed E-state index contributed by atoms with van der Waals surface area (Å²) in [7, 11) is 0. The first-order chi connectivity index (χ1) is 14.0. The Hall–Kier alpha value is -3.92. The van der Waals surface area contributed by atoms with Gasteiger partial charge in [0.25, 0.3) is 0 Å². The third-order valence-electron chi connectivity index (χ3n) is 5.67. The average Bonchev–Trinajstić information content (AvgIpc) is 2.73. The molecule has 4 nitrogen and oxygen atoms in total. The molecule has 1 atom stereocenters. The van der Waals surface area contributed by atoms with E-state index in [9.17, 15) is 9.59 Å². The van der Waals surface area contributed by atoms with Gasteiger partial charge in [-0.3, -0.25) is 9.59 Å². The van der Waals surface area contributed by atoms with Crippen molar-refractivity contribution < 1.29 is 9.59 Å². The van der Waals surface area contributed by atoms with E-state index in [-0.39, 0.29) is 5.92 Å². The van der Waals surface area contributed by atoms with E-state index in [0.29, 0.717) is 11.1 Å². The first-order valence-electron chi connectivity index (χ1n) is 9.40. The molecule has 0 radical (unpaired) electrons. The van der Waals surface area contributed by atoms with E-state index >= 15 is 0 Å². The zero-order valence-electron chi connectivity index (χ0n) is 15.6. The molecule has 0 fully saturated rings. The fourth-order valence-electron chi connectivity index (χ4n) is 4.31. The van der Waals surface area contributed by atoms with Crippen molar-refractivity contribution in [1.82, 2.24) is 0 Å². The van der Waals surface area contributed by atoms with Crippen LogP contribution in [0.2, 0.25) is 0 Å². The van der Waals surface area contributed by atoms with Gasteiger partial charge in [0.05, 0.1) is 0 Å². The van der Waals surface area contributed by atoms with E-state index in [2.05, 4.69) is 36.4 Å². The summed E-state index contributed by atoms with van der Waals surface area (Å²) in [6.45, 7) is 0. The molecule has 1 aliphatic carbocycles. The van der Waals surface area contributed by atoms with Crippen molar-refractivity contribution in [2.75, 3.05) is 0 Å². The molecule has 1 unspecified atom stereocenters. The summed E-state index contributed by atoms with van der Waals surface area (Å²) >= 11 is 0. The molecule has 4 aromatic carbocycles. The summed E-state index contributed by atoms with van der Waals surface area (Å²) in [5, 5.41) is 4.03. The molecular weight excluding hydrogens is 360 g/mol. The van der Waals surface area contributed by atoms with Crippen LogP contribution in [0.25, 0.3) is 27.6 Å². The van der Waals surface area contributed by atoms with Crippen LogP contribution in [0.1, 0.15) is 43.3 Å². The summed E-state index contributed by atoms with van der Waals surface area (Å²) < 4.78 is 0. The Morgan fingerprint density at radius 2 is 1.52 bits per heavy atom. The largest absolute Gasteiger partial charge is 0.366 e. The normalized spacial score (nSPS) is 15.0. The lowest BCUT2D eigenvalue weighted by molar-refractivity contribution is 0.0991. The van der Waals surface area contributed by atoms with Gasteiger partial charge in [-0.15, -0.1) is 0 Å². The quantitative estimate of drug-likeness (QED) is 0.555. The Labute approximate surface area is 167 Å². The Morgan fingerprint density at radius 3 is 2.28 bits per heavy atom. The maximum absolute atomic E-state index is 12.3. The zero-order chi connectivity index (χ0) is 20.1. The fourth-order valence-corrected chi connectivity index (χ4v) is 4.31. The molecule has 0 spiro atoms. The van der Waals surface area contributed by atoms with Crippen LogP contribution in [0.5, 0.6) is 0 Å². The molecule has 0 aliphatic heterocycles. The standard InChI is InChI=1S/C25H18N2O2/c26-24(28)17-8-7-16-12-22(25(27)29)21(13-18(16)11-17)19-10-9-15-4-1-3-14-5-2-6-20(19)23(14)15/h1-13,19H,(H2,26,28)(H2,27,29). The SMILES string of the molecule is NC(=O)c1ccc2cc(C(N)=O)c(C3C=Cc4cccc5cccc3c45)cc2c1. The molecule has 140 valence electrons. The number of primary amides is 2. The van der Waals surface area contributed by atoms with Gasteiger partial charge in [0.2, 0.25) is 11.8 Å². The van der Waals surface area contributed by atoms with Crippen LogP contribution in [0.15, 0.2) is 72.8 Å². The number of rotatable bonds is 3. The third kappa shape index (κ3) is 2.69. The molecule has 1 aliphatic rings. The van der Waals surface area contributed by atoms with Crippen LogP contribution in [-0.2, 0) is 0 Å². The first kappa shape index (κ1) is 17.2. The van der Waals surface area contributed by atoms with E-state index in [4.69, 9.17) is 11.5 Å². The number of hydrogen-bond donors (Lipinski definition) is 2. The lowest BCUT2D eigenvalue weighted by atomic mass is 9.80. The number of allylic oxidation sites excluding steroid dienone is 1. The minimum absolute atomic E-state index is 0.113. The summed E-state index contributed by atoms with van der Waals surface area (Å²) in [4.78, 5) is 23.9. The minimum atomic E-state index is -0.483. The van der Waals surface area contributed by atoms with E-state index in [1.54, 1.807) is 24.3 Å². The summed E-state index contributed by atoms with van der Waals surface area (Å²) in [6, 6.07) is 21.4. The maximum Gasteiger partial charge on any atom is 0.249 e. The van der Waals surface area contributed by atoms with Crippen molar-refractivity contribution in [1.29, 1.82) is 0 Å². The second-order valence-corrected chi connectivity index (χ2v) is 7.36. The maximum atomic E-state index is 12.3. The zero-order valence-corrected chi connectivity index (χ0v) is 15.6. The summed E-state index contributed by atoms with van der Waals surface area (Å²) in [6.07, 6.45) is 4.19. The van der Waals surface area contributed by atoms with Crippen LogP contribution < -0.4 is 11.5 Å². The Morgan fingerprint density at radius 1 is 0.724 bits per heavy atom. The predicted molar refractivity (Wildman–Crippen MR) is 116 cm³/mol. The summed E-state index contributed by atoms with van der Waals surface area (Å²) in [5.41, 5.74) is 15.2. The monoisotopic (exact) mass is 378 g/mol. The third-order valence-corrected chi connectivity index (χ3v) is 5.67. The topological polar surface area (TPSA) is 86.2 Å². The van der Waals surface area contributed by atoms with Crippen LogP contribution in [0, 0.1) is 0 Å². The molecule has 4 aromatic rings. The number of carbonyl (C=O) groups is 2. The van der Waals surface area contributed by atoms with Crippen molar-refractivity contribution in [3.05, 3.63) is 101 Å². The van der Waals surface area contributed by atoms with Crippen molar-refractivity contribution in [2.24, 2.45) is 11.5 Å². The first-order valence-corrected chi connectivity index (χ1v) is 9.40. The highest BCUT2D eigenvalue weighted by atomic mass is 16.1. The van der Waals surface area contributed by atoms with E-state index < -0.39 is 11.8 Å². The van der Waals surface area contributed by atoms with Gasteiger partial charge < -0.3 is 11.5 Å².